The molecule has 2 rings (SSSR count). The molecule has 5 heteroatoms. The number of rotatable bonds is 4. The van der Waals surface area contributed by atoms with E-state index < -0.39 is 0 Å². The summed E-state index contributed by atoms with van der Waals surface area (Å²) in [6.45, 7) is 3.83. The van der Waals surface area contributed by atoms with Gasteiger partial charge in [-0.3, -0.25) is 0 Å². The summed E-state index contributed by atoms with van der Waals surface area (Å²) in [5, 5.41) is 0. The number of aryl methyl sites for hydroxylation is 1. The molecule has 1 heterocycles. The van der Waals surface area contributed by atoms with Crippen LogP contribution in [0, 0.1) is 12.7 Å². The van der Waals surface area contributed by atoms with E-state index >= 15 is 0 Å². The third-order valence-corrected chi connectivity index (χ3v) is 3.13. The molecule has 0 atom stereocenters. The van der Waals surface area contributed by atoms with Crippen LogP contribution in [0.3, 0.4) is 0 Å². The van der Waals surface area contributed by atoms with E-state index in [9.17, 15) is 4.39 Å². The van der Waals surface area contributed by atoms with Crippen LogP contribution in [0.4, 0.5) is 10.2 Å². The van der Waals surface area contributed by atoms with Gasteiger partial charge in [0.15, 0.2) is 0 Å². The predicted molar refractivity (Wildman–Crippen MR) is 77.1 cm³/mol. The van der Waals surface area contributed by atoms with Gasteiger partial charge in [-0.15, -0.1) is 0 Å². The summed E-state index contributed by atoms with van der Waals surface area (Å²) in [5.41, 5.74) is 7.54. The molecule has 0 aliphatic carbocycles. The van der Waals surface area contributed by atoms with Crippen molar-refractivity contribution in [2.24, 2.45) is 0 Å². The van der Waals surface area contributed by atoms with Crippen LogP contribution in [-0.2, 0) is 6.42 Å². The van der Waals surface area contributed by atoms with Crippen molar-refractivity contribution in [3.05, 3.63) is 35.4 Å². The van der Waals surface area contributed by atoms with Crippen LogP contribution in [0.2, 0.25) is 0 Å². The van der Waals surface area contributed by atoms with E-state index in [0.717, 1.165) is 12.8 Å². The van der Waals surface area contributed by atoms with Gasteiger partial charge in [-0.05, 0) is 25.5 Å². The van der Waals surface area contributed by atoms with Crippen molar-refractivity contribution in [3.63, 3.8) is 0 Å². The lowest BCUT2D eigenvalue weighted by Gasteiger charge is -2.11. The minimum atomic E-state index is -0.381. The van der Waals surface area contributed by atoms with Crippen LogP contribution >= 0.6 is 0 Å². The van der Waals surface area contributed by atoms with Gasteiger partial charge in [-0.25, -0.2) is 14.4 Å². The zero-order valence-corrected chi connectivity index (χ0v) is 11.9. The van der Waals surface area contributed by atoms with E-state index in [4.69, 9.17) is 10.5 Å². The zero-order chi connectivity index (χ0) is 14.7. The van der Waals surface area contributed by atoms with Crippen molar-refractivity contribution in [2.75, 3.05) is 12.8 Å². The standard InChI is InChI=1S/C15H18FN3O/c1-4-5-13-18-14(9(2)15(17)19-13)11-7-6-10(20-3)8-12(11)16/h6-8H,4-5H2,1-3H3,(H2,17,18,19). The number of nitrogens with two attached hydrogens (primary N) is 1. The first-order valence-electron chi connectivity index (χ1n) is 6.53. The molecular weight excluding hydrogens is 257 g/mol. The molecule has 1 aromatic heterocycles. The second kappa shape index (κ2) is 5.86. The number of anilines is 1. The van der Waals surface area contributed by atoms with Gasteiger partial charge in [-0.1, -0.05) is 6.92 Å². The Morgan fingerprint density at radius 3 is 2.65 bits per heavy atom. The van der Waals surface area contributed by atoms with Gasteiger partial charge >= 0.3 is 0 Å². The van der Waals surface area contributed by atoms with Gasteiger partial charge in [-0.2, -0.15) is 0 Å². The minimum Gasteiger partial charge on any atom is -0.497 e. The number of hydrogen-bond donors (Lipinski definition) is 1. The second-order valence-electron chi connectivity index (χ2n) is 4.59. The second-order valence-corrected chi connectivity index (χ2v) is 4.59. The SMILES string of the molecule is CCCc1nc(N)c(C)c(-c2ccc(OC)cc2F)n1. The number of nitrogen functional groups attached to an aromatic ring is 1. The van der Waals surface area contributed by atoms with Crippen LogP contribution in [0.25, 0.3) is 11.3 Å². The minimum absolute atomic E-state index is 0.381. The summed E-state index contributed by atoms with van der Waals surface area (Å²) in [5.74, 6) is 1.13. The highest BCUT2D eigenvalue weighted by atomic mass is 19.1. The largest absolute Gasteiger partial charge is 0.497 e. The van der Waals surface area contributed by atoms with Crippen molar-refractivity contribution in [1.82, 2.24) is 9.97 Å². The number of benzene rings is 1. The molecule has 2 aromatic rings. The Balaban J connectivity index is 2.56. The van der Waals surface area contributed by atoms with Crippen LogP contribution in [-0.4, -0.2) is 17.1 Å². The molecule has 2 N–H and O–H groups in total. The predicted octanol–water partition coefficient (Wildman–Crippen LogP) is 3.13. The Kier molecular flexibility index (Phi) is 4.17. The smallest absolute Gasteiger partial charge is 0.136 e. The van der Waals surface area contributed by atoms with Gasteiger partial charge in [0.05, 0.1) is 12.8 Å². The van der Waals surface area contributed by atoms with E-state index in [-0.39, 0.29) is 5.82 Å². The lowest BCUT2D eigenvalue weighted by Crippen LogP contribution is -2.05. The van der Waals surface area contributed by atoms with Crippen molar-refractivity contribution in [1.29, 1.82) is 0 Å². The van der Waals surface area contributed by atoms with E-state index in [1.807, 2.05) is 6.92 Å². The summed E-state index contributed by atoms with van der Waals surface area (Å²) in [6.07, 6.45) is 1.63. The van der Waals surface area contributed by atoms with E-state index in [0.29, 0.717) is 34.2 Å². The fourth-order valence-corrected chi connectivity index (χ4v) is 1.99. The molecule has 0 spiro atoms. The molecule has 20 heavy (non-hydrogen) atoms. The first-order valence-corrected chi connectivity index (χ1v) is 6.53. The highest BCUT2D eigenvalue weighted by molar-refractivity contribution is 5.68. The summed E-state index contributed by atoms with van der Waals surface area (Å²) >= 11 is 0. The molecule has 0 aliphatic rings. The van der Waals surface area contributed by atoms with E-state index in [1.165, 1.54) is 13.2 Å². The summed E-state index contributed by atoms with van der Waals surface area (Å²) in [7, 11) is 1.50. The van der Waals surface area contributed by atoms with Crippen LogP contribution < -0.4 is 10.5 Å². The van der Waals surface area contributed by atoms with Crippen molar-refractivity contribution < 1.29 is 9.13 Å². The quantitative estimate of drug-likeness (QED) is 0.931. The van der Waals surface area contributed by atoms with Crippen molar-refractivity contribution >= 4 is 5.82 Å². The number of ether oxygens (including phenoxy) is 1. The normalized spacial score (nSPS) is 10.6. The fraction of sp³-hybridized carbons (Fsp3) is 0.333. The average molecular weight is 275 g/mol. The summed E-state index contributed by atoms with van der Waals surface area (Å²) in [6, 6.07) is 4.70. The lowest BCUT2D eigenvalue weighted by atomic mass is 10.1. The fourth-order valence-electron chi connectivity index (χ4n) is 1.99. The lowest BCUT2D eigenvalue weighted by molar-refractivity contribution is 0.411. The highest BCUT2D eigenvalue weighted by Gasteiger charge is 2.14. The topological polar surface area (TPSA) is 61.0 Å². The Morgan fingerprint density at radius 1 is 1.30 bits per heavy atom. The number of nitrogens with zero attached hydrogens (tertiary/aromatic N) is 2. The van der Waals surface area contributed by atoms with Crippen molar-refractivity contribution in [2.45, 2.75) is 26.7 Å². The number of halogens is 1. The van der Waals surface area contributed by atoms with Crippen molar-refractivity contribution in [3.8, 4) is 17.0 Å². The molecule has 106 valence electrons. The molecule has 0 amide bonds. The highest BCUT2D eigenvalue weighted by Crippen LogP contribution is 2.29. The first kappa shape index (κ1) is 14.2. The van der Waals surface area contributed by atoms with E-state index in [2.05, 4.69) is 9.97 Å². The van der Waals surface area contributed by atoms with E-state index in [1.54, 1.807) is 19.1 Å². The van der Waals surface area contributed by atoms with Crippen LogP contribution in [0.1, 0.15) is 24.7 Å². The van der Waals surface area contributed by atoms with Gasteiger partial charge in [0.1, 0.15) is 23.2 Å². The summed E-state index contributed by atoms with van der Waals surface area (Å²) < 4.78 is 19.2. The van der Waals surface area contributed by atoms with Gasteiger partial charge < -0.3 is 10.5 Å². The molecule has 0 radical (unpaired) electrons. The molecule has 0 aliphatic heterocycles. The van der Waals surface area contributed by atoms with Gasteiger partial charge in [0, 0.05) is 23.6 Å². The Bertz CT molecular complexity index is 629. The molecule has 4 nitrogen and oxygen atoms in total. The number of aromatic nitrogens is 2. The van der Waals surface area contributed by atoms with Crippen LogP contribution in [0.5, 0.6) is 5.75 Å². The third-order valence-electron chi connectivity index (χ3n) is 3.13. The molecule has 1 aromatic carbocycles. The molecule has 0 saturated heterocycles. The first-order chi connectivity index (χ1) is 9.56. The van der Waals surface area contributed by atoms with Crippen LogP contribution in [0.15, 0.2) is 18.2 Å². The molecular formula is C15H18FN3O. The maximum Gasteiger partial charge on any atom is 0.136 e. The number of hydrogen-bond acceptors (Lipinski definition) is 4. The number of methoxy groups -OCH3 is 1. The Hall–Kier alpha value is -2.17. The maximum atomic E-state index is 14.2. The Labute approximate surface area is 117 Å². The molecule has 0 saturated carbocycles. The molecule has 0 bridgehead atoms. The average Bonchev–Trinajstić information content (AvgIpc) is 2.43. The maximum absolute atomic E-state index is 14.2. The summed E-state index contributed by atoms with van der Waals surface area (Å²) in [4.78, 5) is 8.67. The molecule has 0 unspecified atom stereocenters. The Morgan fingerprint density at radius 2 is 2.05 bits per heavy atom. The monoisotopic (exact) mass is 275 g/mol. The van der Waals surface area contributed by atoms with Gasteiger partial charge in [0.25, 0.3) is 0 Å². The third kappa shape index (κ3) is 2.71. The molecule has 0 fully saturated rings. The van der Waals surface area contributed by atoms with Gasteiger partial charge in [0.2, 0.25) is 0 Å². The zero-order valence-electron chi connectivity index (χ0n) is 11.9.